The lowest BCUT2D eigenvalue weighted by Gasteiger charge is -2.24. The summed E-state index contributed by atoms with van der Waals surface area (Å²) in [6.07, 6.45) is 5.60. The molecule has 1 unspecified atom stereocenters. The summed E-state index contributed by atoms with van der Waals surface area (Å²) >= 11 is 0. The number of carbonyl (C=O) groups is 2. The van der Waals surface area contributed by atoms with Gasteiger partial charge in [0, 0.05) is 6.92 Å². The van der Waals surface area contributed by atoms with Gasteiger partial charge in [-0.2, -0.15) is 4.99 Å². The number of carbonyl (C=O) groups excluding carboxylic acids is 2. The van der Waals surface area contributed by atoms with E-state index in [0.717, 1.165) is 0 Å². The Kier molecular flexibility index (Phi) is 3.15. The normalized spacial score (nSPS) is 30.6. The van der Waals surface area contributed by atoms with Crippen molar-refractivity contribution in [1.29, 1.82) is 0 Å². The number of amidine groups is 1. The van der Waals surface area contributed by atoms with Crippen LogP contribution < -0.4 is 0 Å². The highest BCUT2D eigenvalue weighted by atomic mass is 16.6. The molecule has 0 saturated carbocycles. The maximum Gasteiger partial charge on any atom is 0.302 e. The van der Waals surface area contributed by atoms with Crippen LogP contribution in [0.15, 0.2) is 27.1 Å². The Bertz CT molecular complexity index is 566. The molecule has 0 aromatic heterocycles. The summed E-state index contributed by atoms with van der Waals surface area (Å²) in [7, 11) is 0. The summed E-state index contributed by atoms with van der Waals surface area (Å²) in [6, 6.07) is -0.676. The van der Waals surface area contributed by atoms with Crippen LogP contribution >= 0.6 is 0 Å². The summed E-state index contributed by atoms with van der Waals surface area (Å²) in [5.74, 6) is -0.202. The van der Waals surface area contributed by atoms with Gasteiger partial charge in [0.1, 0.15) is 24.9 Å². The highest BCUT2D eigenvalue weighted by Crippen LogP contribution is 2.21. The number of ether oxygens (including phenoxy) is 2. The first-order valence-electron chi connectivity index (χ1n) is 6.08. The average molecular weight is 276 g/mol. The van der Waals surface area contributed by atoms with Gasteiger partial charge in [0.2, 0.25) is 0 Å². The molecule has 0 spiro atoms. The van der Waals surface area contributed by atoms with Crippen molar-refractivity contribution in [2.45, 2.75) is 25.3 Å². The van der Waals surface area contributed by atoms with Crippen LogP contribution in [0, 0.1) is 0 Å². The Balaban J connectivity index is 1.65. The number of nitrogens with zero attached hydrogens (tertiary/aromatic N) is 4. The van der Waals surface area contributed by atoms with Crippen molar-refractivity contribution < 1.29 is 19.1 Å². The summed E-state index contributed by atoms with van der Waals surface area (Å²) in [4.78, 5) is 35.7. The molecule has 3 rings (SSSR count). The van der Waals surface area contributed by atoms with Gasteiger partial charge in [0.25, 0.3) is 5.91 Å². The van der Waals surface area contributed by atoms with Crippen molar-refractivity contribution in [2.24, 2.45) is 15.0 Å². The van der Waals surface area contributed by atoms with Crippen LogP contribution in [0.1, 0.15) is 6.92 Å². The third kappa shape index (κ3) is 2.25. The zero-order valence-corrected chi connectivity index (χ0v) is 10.7. The molecule has 3 atom stereocenters. The highest BCUT2D eigenvalue weighted by molar-refractivity contribution is 6.19. The second kappa shape index (κ2) is 4.97. The second-order valence-corrected chi connectivity index (χ2v) is 4.40. The predicted molar refractivity (Wildman–Crippen MR) is 69.5 cm³/mol. The minimum Gasteiger partial charge on any atom is -0.463 e. The molecular formula is C12H12N4O4. The van der Waals surface area contributed by atoms with Gasteiger partial charge in [-0.1, -0.05) is 6.08 Å². The lowest BCUT2D eigenvalue weighted by atomic mass is 10.2. The van der Waals surface area contributed by atoms with E-state index in [1.165, 1.54) is 19.6 Å². The number of esters is 1. The average Bonchev–Trinajstić information content (AvgIpc) is 3.02. The van der Waals surface area contributed by atoms with E-state index in [-0.39, 0.29) is 24.6 Å². The minimum atomic E-state index is -0.676. The summed E-state index contributed by atoms with van der Waals surface area (Å²) in [5, 5.41) is 0. The van der Waals surface area contributed by atoms with E-state index < -0.39 is 12.3 Å². The molecule has 8 nitrogen and oxygen atoms in total. The van der Waals surface area contributed by atoms with Gasteiger partial charge in [0.15, 0.2) is 12.3 Å². The lowest BCUT2D eigenvalue weighted by molar-refractivity contribution is -0.144. The molecule has 1 amide bonds. The maximum atomic E-state index is 11.5. The van der Waals surface area contributed by atoms with Gasteiger partial charge >= 0.3 is 5.97 Å². The van der Waals surface area contributed by atoms with E-state index in [1.807, 2.05) is 0 Å². The number of rotatable bonds is 3. The third-order valence-corrected chi connectivity index (χ3v) is 2.99. The molecule has 104 valence electrons. The van der Waals surface area contributed by atoms with Gasteiger partial charge < -0.3 is 9.47 Å². The van der Waals surface area contributed by atoms with E-state index in [2.05, 4.69) is 15.0 Å². The standard InChI is InChI=1S/C12H12N4O4/c1-7(17)19-4-8-2-3-9(20-8)16-6-15-10-11(16)13-5-14-12(10)18/h2-3,5-6,8-10H,4H2,1H3/t8-,9+,10?/m0/s1. The Hall–Kier alpha value is -2.35. The molecule has 0 aromatic carbocycles. The second-order valence-electron chi connectivity index (χ2n) is 4.40. The van der Waals surface area contributed by atoms with Crippen LogP contribution in [0.4, 0.5) is 0 Å². The van der Waals surface area contributed by atoms with Crippen molar-refractivity contribution in [3.8, 4) is 0 Å². The van der Waals surface area contributed by atoms with Crippen molar-refractivity contribution in [1.82, 2.24) is 4.90 Å². The Morgan fingerprint density at radius 2 is 2.35 bits per heavy atom. The van der Waals surface area contributed by atoms with Crippen LogP contribution in [-0.2, 0) is 19.1 Å². The van der Waals surface area contributed by atoms with Crippen LogP contribution in [0.5, 0.6) is 0 Å². The SMILES string of the molecule is CC(=O)OC[C@@H]1C=C[C@H](N2C=NC3C(=O)N=CN=C32)O1. The van der Waals surface area contributed by atoms with Crippen molar-refractivity contribution in [3.63, 3.8) is 0 Å². The van der Waals surface area contributed by atoms with Crippen LogP contribution in [0.3, 0.4) is 0 Å². The molecule has 0 radical (unpaired) electrons. The van der Waals surface area contributed by atoms with E-state index >= 15 is 0 Å². The Labute approximate surface area is 114 Å². The fraction of sp³-hybridized carbons (Fsp3) is 0.417. The zero-order valence-electron chi connectivity index (χ0n) is 10.7. The molecule has 20 heavy (non-hydrogen) atoms. The molecule has 0 saturated heterocycles. The molecule has 3 aliphatic heterocycles. The van der Waals surface area contributed by atoms with E-state index in [1.54, 1.807) is 17.1 Å². The smallest absolute Gasteiger partial charge is 0.302 e. The van der Waals surface area contributed by atoms with Gasteiger partial charge in [-0.3, -0.25) is 19.5 Å². The molecule has 0 bridgehead atoms. The largest absolute Gasteiger partial charge is 0.463 e. The van der Waals surface area contributed by atoms with Gasteiger partial charge in [-0.15, -0.1) is 0 Å². The van der Waals surface area contributed by atoms with Crippen molar-refractivity contribution in [2.75, 3.05) is 6.61 Å². The molecule has 0 fully saturated rings. The van der Waals surface area contributed by atoms with Gasteiger partial charge in [-0.25, -0.2) is 4.99 Å². The topological polar surface area (TPSA) is 92.9 Å². The third-order valence-electron chi connectivity index (χ3n) is 2.99. The van der Waals surface area contributed by atoms with Gasteiger partial charge in [-0.05, 0) is 6.08 Å². The lowest BCUT2D eigenvalue weighted by Crippen LogP contribution is -2.43. The molecule has 0 N–H and O–H groups in total. The molecule has 8 heteroatoms. The summed E-state index contributed by atoms with van der Waals surface area (Å²) in [6.45, 7) is 1.50. The van der Waals surface area contributed by atoms with Crippen LogP contribution in [0.2, 0.25) is 0 Å². The molecule has 0 aromatic rings. The zero-order chi connectivity index (χ0) is 14.1. The number of aliphatic imine (C=N–C) groups is 3. The maximum absolute atomic E-state index is 11.5. The number of fused-ring (bicyclic) bond motifs is 1. The number of hydrogen-bond acceptors (Lipinski definition) is 7. The summed E-state index contributed by atoms with van der Waals surface area (Å²) < 4.78 is 10.6. The first kappa shape index (κ1) is 12.7. The Morgan fingerprint density at radius 3 is 3.15 bits per heavy atom. The predicted octanol–water partition coefficient (Wildman–Crippen LogP) is -0.490. The first-order valence-corrected chi connectivity index (χ1v) is 6.08. The quantitative estimate of drug-likeness (QED) is 0.512. The molecule has 3 heterocycles. The van der Waals surface area contributed by atoms with E-state index in [9.17, 15) is 9.59 Å². The molecule has 0 aliphatic carbocycles. The van der Waals surface area contributed by atoms with Gasteiger partial charge in [0.05, 0.1) is 6.34 Å². The van der Waals surface area contributed by atoms with Crippen LogP contribution in [0.25, 0.3) is 0 Å². The van der Waals surface area contributed by atoms with E-state index in [0.29, 0.717) is 5.84 Å². The van der Waals surface area contributed by atoms with E-state index in [4.69, 9.17) is 9.47 Å². The number of amides is 1. The monoisotopic (exact) mass is 276 g/mol. The van der Waals surface area contributed by atoms with Crippen molar-refractivity contribution in [3.05, 3.63) is 12.2 Å². The summed E-state index contributed by atoms with van der Waals surface area (Å²) in [5.41, 5.74) is 0. The highest BCUT2D eigenvalue weighted by Gasteiger charge is 2.38. The fourth-order valence-corrected chi connectivity index (χ4v) is 2.07. The minimum absolute atomic E-state index is 0.156. The molecule has 3 aliphatic rings. The first-order chi connectivity index (χ1) is 9.65. The number of hydrogen-bond donors (Lipinski definition) is 0. The fourth-order valence-electron chi connectivity index (χ4n) is 2.07. The Morgan fingerprint density at radius 1 is 1.50 bits per heavy atom. The van der Waals surface area contributed by atoms with Crippen molar-refractivity contribution >= 4 is 30.4 Å². The molecular weight excluding hydrogens is 264 g/mol. The van der Waals surface area contributed by atoms with Crippen LogP contribution in [-0.4, -0.2) is 60.3 Å².